The summed E-state index contributed by atoms with van der Waals surface area (Å²) in [5.74, 6) is -1.51. The molecule has 5 heterocycles. The minimum absolute atomic E-state index is 0.0258. The van der Waals surface area contributed by atoms with E-state index in [2.05, 4.69) is 32.7 Å². The van der Waals surface area contributed by atoms with Gasteiger partial charge in [0.2, 0.25) is 5.78 Å². The third-order valence-corrected chi connectivity index (χ3v) is 6.49. The van der Waals surface area contributed by atoms with Crippen LogP contribution in [0.3, 0.4) is 0 Å². The Morgan fingerprint density at radius 1 is 0.895 bits per heavy atom. The molecule has 7 nitrogen and oxygen atoms in total. The van der Waals surface area contributed by atoms with Crippen molar-refractivity contribution in [2.24, 2.45) is 0 Å². The number of aromatic carboxylic acids is 1. The second-order valence-electron chi connectivity index (χ2n) is 8.73. The van der Waals surface area contributed by atoms with E-state index >= 15 is 0 Å². The van der Waals surface area contributed by atoms with Crippen LogP contribution in [-0.4, -0.2) is 35.8 Å². The van der Waals surface area contributed by atoms with Crippen LogP contribution < -0.4 is 0 Å². The molecule has 0 saturated heterocycles. The quantitative estimate of drug-likeness (QED) is 0.280. The number of carboxylic acid groups (broad SMARTS) is 1. The van der Waals surface area contributed by atoms with Crippen LogP contribution >= 0.6 is 0 Å². The predicted molar refractivity (Wildman–Crippen MR) is 148 cm³/mol. The van der Waals surface area contributed by atoms with E-state index in [9.17, 15) is 14.7 Å². The number of aromatic nitrogens is 4. The Kier molecular flexibility index (Phi) is 6.82. The molecule has 0 spiro atoms. The lowest BCUT2D eigenvalue weighted by Crippen LogP contribution is -2.13. The van der Waals surface area contributed by atoms with Gasteiger partial charge in [-0.1, -0.05) is 30.3 Å². The van der Waals surface area contributed by atoms with Crippen molar-refractivity contribution < 1.29 is 14.7 Å². The van der Waals surface area contributed by atoms with Gasteiger partial charge in [-0.05, 0) is 62.4 Å². The Labute approximate surface area is 219 Å². The van der Waals surface area contributed by atoms with Crippen LogP contribution in [0.5, 0.6) is 0 Å². The minimum Gasteiger partial charge on any atom is -0.478 e. The lowest BCUT2D eigenvalue weighted by Gasteiger charge is -2.06. The summed E-state index contributed by atoms with van der Waals surface area (Å²) in [5, 5.41) is 10.1. The first kappa shape index (κ1) is 24.6. The number of hydrogen-bond acceptors (Lipinski definition) is 4. The number of carboxylic acids is 1. The Balaban J connectivity index is 0.000000168. The lowest BCUT2D eigenvalue weighted by molar-refractivity contribution is 0.0692. The fraction of sp³-hybridized carbons (Fsp3) is 0.0968. The molecule has 38 heavy (non-hydrogen) atoms. The van der Waals surface area contributed by atoms with Gasteiger partial charge in [0.05, 0.1) is 16.8 Å². The number of hydrogen-bond donors (Lipinski definition) is 1. The van der Waals surface area contributed by atoms with E-state index in [1.165, 1.54) is 23.8 Å². The first-order valence-corrected chi connectivity index (χ1v) is 12.3. The van der Waals surface area contributed by atoms with Crippen LogP contribution in [0, 0.1) is 6.92 Å². The first-order chi connectivity index (χ1) is 18.5. The molecule has 6 rings (SSSR count). The summed E-state index contributed by atoms with van der Waals surface area (Å²) in [4.78, 5) is 32.7. The van der Waals surface area contributed by atoms with Crippen molar-refractivity contribution in [1.29, 1.82) is 0 Å². The molecule has 0 aliphatic carbocycles. The van der Waals surface area contributed by atoms with Crippen molar-refractivity contribution in [3.63, 3.8) is 0 Å². The summed E-state index contributed by atoms with van der Waals surface area (Å²) >= 11 is 0. The summed E-state index contributed by atoms with van der Waals surface area (Å²) in [6.45, 7) is 4.62. The zero-order valence-electron chi connectivity index (χ0n) is 21.1. The molecule has 0 aliphatic heterocycles. The second kappa shape index (κ2) is 10.5. The molecular formula is C31H26N4O3. The van der Waals surface area contributed by atoms with Gasteiger partial charge in [-0.2, -0.15) is 0 Å². The number of para-hydroxylation sites is 1. The molecule has 1 N–H and O–H groups in total. The Bertz CT molecular complexity index is 1730. The summed E-state index contributed by atoms with van der Waals surface area (Å²) in [6.07, 6.45) is 7.39. The Morgan fingerprint density at radius 2 is 1.66 bits per heavy atom. The van der Waals surface area contributed by atoms with Gasteiger partial charge in [0.1, 0.15) is 5.69 Å². The molecule has 5 aromatic heterocycles. The normalized spacial score (nSPS) is 10.8. The van der Waals surface area contributed by atoms with Crippen molar-refractivity contribution in [2.75, 3.05) is 0 Å². The van der Waals surface area contributed by atoms with Crippen LogP contribution in [0.25, 0.3) is 27.7 Å². The van der Waals surface area contributed by atoms with Gasteiger partial charge in [-0.25, -0.2) is 4.79 Å². The molecule has 0 bridgehead atoms. The van der Waals surface area contributed by atoms with Crippen molar-refractivity contribution in [1.82, 2.24) is 18.9 Å². The van der Waals surface area contributed by atoms with E-state index in [0.29, 0.717) is 5.56 Å². The average molecular weight is 503 g/mol. The molecular weight excluding hydrogens is 476 g/mol. The third-order valence-electron chi connectivity index (χ3n) is 6.49. The number of pyridine rings is 3. The number of fused-ring (bicyclic) bond motifs is 2. The van der Waals surface area contributed by atoms with E-state index in [0.717, 1.165) is 34.4 Å². The predicted octanol–water partition coefficient (Wildman–Crippen LogP) is 6.30. The molecule has 0 saturated carbocycles. The van der Waals surface area contributed by atoms with Crippen molar-refractivity contribution >= 4 is 28.2 Å². The largest absolute Gasteiger partial charge is 0.478 e. The summed E-state index contributed by atoms with van der Waals surface area (Å²) in [5.41, 5.74) is 5.56. The number of aryl methyl sites for hydroxylation is 1. The summed E-state index contributed by atoms with van der Waals surface area (Å²) in [6, 6.07) is 24.8. The minimum atomic E-state index is -1.15. The van der Waals surface area contributed by atoms with Gasteiger partial charge >= 0.3 is 5.97 Å². The highest BCUT2D eigenvalue weighted by Crippen LogP contribution is 2.28. The standard InChI is InChI=1S/C18H16N2O3.C13H10N2/c1-3-20-11(2)15(12-7-4-5-9-14(12)20)17(21)16-13(18(22)23)8-6-10-19-16;1-3-7-14-13(6-1)11-9-12-5-2-4-8-15(12)10-11/h4-10H,3H2,1-2H3,(H,22,23);1-10H. The number of carbonyl (C=O) groups is 2. The maximum atomic E-state index is 13.0. The third kappa shape index (κ3) is 4.57. The van der Waals surface area contributed by atoms with Gasteiger partial charge in [-0.15, -0.1) is 0 Å². The van der Waals surface area contributed by atoms with Gasteiger partial charge in [0.25, 0.3) is 0 Å². The molecule has 0 atom stereocenters. The Morgan fingerprint density at radius 3 is 2.39 bits per heavy atom. The summed E-state index contributed by atoms with van der Waals surface area (Å²) < 4.78 is 4.15. The van der Waals surface area contributed by atoms with Gasteiger partial charge in [-0.3, -0.25) is 14.8 Å². The maximum absolute atomic E-state index is 13.0. The van der Waals surface area contributed by atoms with Gasteiger partial charge < -0.3 is 14.1 Å². The number of nitrogens with zero attached hydrogens (tertiary/aromatic N) is 4. The van der Waals surface area contributed by atoms with Crippen LogP contribution in [-0.2, 0) is 6.54 Å². The molecule has 7 heteroatoms. The topological polar surface area (TPSA) is 89.5 Å². The smallest absolute Gasteiger partial charge is 0.338 e. The number of rotatable bonds is 5. The second-order valence-corrected chi connectivity index (χ2v) is 8.73. The van der Waals surface area contributed by atoms with Crippen LogP contribution in [0.15, 0.2) is 104 Å². The number of carbonyl (C=O) groups excluding carboxylic acids is 1. The molecule has 0 fully saturated rings. The van der Waals surface area contributed by atoms with Gasteiger partial charge in [0.15, 0.2) is 0 Å². The average Bonchev–Trinajstić information content (AvgIpc) is 3.51. The fourth-order valence-corrected chi connectivity index (χ4v) is 4.73. The molecule has 0 aliphatic rings. The number of benzene rings is 1. The fourth-order valence-electron chi connectivity index (χ4n) is 4.73. The molecule has 1 aromatic carbocycles. The van der Waals surface area contributed by atoms with E-state index in [1.54, 1.807) is 0 Å². The maximum Gasteiger partial charge on any atom is 0.338 e. The monoisotopic (exact) mass is 502 g/mol. The van der Waals surface area contributed by atoms with Crippen LogP contribution in [0.4, 0.5) is 0 Å². The molecule has 6 aromatic rings. The zero-order valence-corrected chi connectivity index (χ0v) is 21.1. The van der Waals surface area contributed by atoms with E-state index in [1.807, 2.05) is 85.4 Å². The van der Waals surface area contributed by atoms with Crippen LogP contribution in [0.2, 0.25) is 0 Å². The highest BCUT2D eigenvalue weighted by Gasteiger charge is 2.25. The number of ketones is 1. The van der Waals surface area contributed by atoms with E-state index in [-0.39, 0.29) is 17.0 Å². The van der Waals surface area contributed by atoms with E-state index < -0.39 is 5.97 Å². The SMILES string of the molecule is CCn1c(C)c(C(=O)c2ncccc2C(=O)O)c2ccccc21.c1ccc(-c2cc3ccccn3c2)nc1. The van der Waals surface area contributed by atoms with E-state index in [4.69, 9.17) is 0 Å². The first-order valence-electron chi connectivity index (χ1n) is 12.3. The molecule has 188 valence electrons. The zero-order chi connectivity index (χ0) is 26.6. The Hall–Kier alpha value is -5.04. The van der Waals surface area contributed by atoms with Crippen LogP contribution in [0.1, 0.15) is 39.0 Å². The van der Waals surface area contributed by atoms with Crippen molar-refractivity contribution in [3.05, 3.63) is 126 Å². The molecule has 0 unspecified atom stereocenters. The molecule has 0 radical (unpaired) electrons. The highest BCUT2D eigenvalue weighted by molar-refractivity contribution is 6.19. The highest BCUT2D eigenvalue weighted by atomic mass is 16.4. The molecule has 0 amide bonds. The van der Waals surface area contributed by atoms with Crippen molar-refractivity contribution in [2.45, 2.75) is 20.4 Å². The van der Waals surface area contributed by atoms with Crippen molar-refractivity contribution in [3.8, 4) is 11.3 Å². The van der Waals surface area contributed by atoms with Gasteiger partial charge in [0, 0.05) is 59.0 Å². The lowest BCUT2D eigenvalue weighted by atomic mass is 10.0. The summed E-state index contributed by atoms with van der Waals surface area (Å²) in [7, 11) is 0.